The first-order valence-electron chi connectivity index (χ1n) is 9.58. The molecule has 0 saturated carbocycles. The minimum atomic E-state index is -0.323. The van der Waals surface area contributed by atoms with E-state index in [9.17, 15) is 4.79 Å². The van der Waals surface area contributed by atoms with E-state index in [0.29, 0.717) is 24.0 Å². The number of benzene rings is 2. The number of rotatable bonds is 6. The molecule has 0 bridgehead atoms. The maximum atomic E-state index is 12.8. The van der Waals surface area contributed by atoms with E-state index >= 15 is 0 Å². The van der Waals surface area contributed by atoms with Gasteiger partial charge in [0.05, 0.1) is 12.7 Å². The highest BCUT2D eigenvalue weighted by atomic mass is 16.4. The second kappa shape index (κ2) is 8.14. The molecule has 0 atom stereocenters. The Balaban J connectivity index is 1.51. The van der Waals surface area contributed by atoms with Gasteiger partial charge in [0.2, 0.25) is 5.89 Å². The lowest BCUT2D eigenvalue weighted by Crippen LogP contribution is -2.17. The van der Waals surface area contributed by atoms with Crippen LogP contribution >= 0.6 is 0 Å². The minimum absolute atomic E-state index is 0.268. The molecule has 4 rings (SSSR count). The lowest BCUT2D eigenvalue weighted by Gasteiger charge is -2.09. The molecule has 2 aromatic carbocycles. The first kappa shape index (κ1) is 18.7. The Morgan fingerprint density at radius 1 is 1.03 bits per heavy atom. The van der Waals surface area contributed by atoms with Crippen LogP contribution in [0.3, 0.4) is 0 Å². The fourth-order valence-electron chi connectivity index (χ4n) is 3.10. The Morgan fingerprint density at radius 3 is 2.48 bits per heavy atom. The molecular weight excluding hydrogens is 364 g/mol. The summed E-state index contributed by atoms with van der Waals surface area (Å²) in [7, 11) is 0. The summed E-state index contributed by atoms with van der Waals surface area (Å²) in [5.74, 6) is 1.19. The lowest BCUT2D eigenvalue weighted by molar-refractivity contribution is 0.102. The quantitative estimate of drug-likeness (QED) is 0.521. The largest absolute Gasteiger partial charge is 0.441 e. The molecule has 6 heteroatoms. The average Bonchev–Trinajstić information content (AvgIpc) is 3.35. The first-order valence-corrected chi connectivity index (χ1v) is 9.58. The van der Waals surface area contributed by atoms with Gasteiger partial charge < -0.3 is 9.73 Å². The third-order valence-electron chi connectivity index (χ3n) is 4.75. The first-order chi connectivity index (χ1) is 14.1. The molecule has 0 unspecified atom stereocenters. The van der Waals surface area contributed by atoms with Crippen molar-refractivity contribution in [3.63, 3.8) is 0 Å². The molecule has 0 radical (unpaired) electrons. The molecular formula is C23H22N4O2. The fourth-order valence-corrected chi connectivity index (χ4v) is 3.10. The Labute approximate surface area is 169 Å². The highest BCUT2D eigenvalue weighted by Gasteiger charge is 2.19. The molecule has 0 aliphatic carbocycles. The van der Waals surface area contributed by atoms with E-state index in [1.807, 2.05) is 30.3 Å². The van der Waals surface area contributed by atoms with Crippen LogP contribution in [0.1, 0.15) is 34.3 Å². The van der Waals surface area contributed by atoms with E-state index in [1.54, 1.807) is 23.9 Å². The number of carbonyl (C=O) groups is 1. The van der Waals surface area contributed by atoms with Gasteiger partial charge in [-0.2, -0.15) is 5.10 Å². The van der Waals surface area contributed by atoms with Crippen LogP contribution in [0.25, 0.3) is 11.5 Å². The van der Waals surface area contributed by atoms with Gasteiger partial charge in [0.15, 0.2) is 5.69 Å². The summed E-state index contributed by atoms with van der Waals surface area (Å²) < 4.78 is 7.45. The minimum Gasteiger partial charge on any atom is -0.441 e. The fraction of sp³-hybridized carbons (Fsp3) is 0.174. The zero-order valence-corrected chi connectivity index (χ0v) is 16.4. The topological polar surface area (TPSA) is 73.0 Å². The van der Waals surface area contributed by atoms with E-state index in [0.717, 1.165) is 17.5 Å². The lowest BCUT2D eigenvalue weighted by atomic mass is 10.1. The predicted molar refractivity (Wildman–Crippen MR) is 112 cm³/mol. The van der Waals surface area contributed by atoms with Crippen molar-refractivity contribution >= 4 is 11.7 Å². The number of aromatic nitrogens is 3. The molecule has 0 aliphatic heterocycles. The third kappa shape index (κ3) is 4.11. The number of oxazole rings is 1. The van der Waals surface area contributed by atoms with Gasteiger partial charge >= 0.3 is 0 Å². The number of anilines is 1. The van der Waals surface area contributed by atoms with Crippen LogP contribution in [0, 0.1) is 6.92 Å². The molecule has 29 heavy (non-hydrogen) atoms. The van der Waals surface area contributed by atoms with Crippen molar-refractivity contribution < 1.29 is 9.21 Å². The van der Waals surface area contributed by atoms with Gasteiger partial charge in [0.25, 0.3) is 5.91 Å². The molecule has 4 aromatic rings. The van der Waals surface area contributed by atoms with Crippen LogP contribution in [0.15, 0.2) is 71.3 Å². The number of hydrogen-bond acceptors (Lipinski definition) is 4. The van der Waals surface area contributed by atoms with E-state index in [1.165, 1.54) is 5.56 Å². The number of nitrogens with zero attached hydrogens (tertiary/aromatic N) is 3. The molecule has 0 fully saturated rings. The summed E-state index contributed by atoms with van der Waals surface area (Å²) in [6.07, 6.45) is 2.67. The highest BCUT2D eigenvalue weighted by molar-refractivity contribution is 6.03. The van der Waals surface area contributed by atoms with Crippen LogP contribution in [0.5, 0.6) is 0 Å². The van der Waals surface area contributed by atoms with Crippen molar-refractivity contribution in [2.45, 2.75) is 26.8 Å². The van der Waals surface area contributed by atoms with Crippen molar-refractivity contribution in [1.82, 2.24) is 14.8 Å². The maximum Gasteiger partial charge on any atom is 0.279 e. The normalized spacial score (nSPS) is 10.8. The zero-order chi connectivity index (χ0) is 20.2. The van der Waals surface area contributed by atoms with Crippen molar-refractivity contribution in [2.75, 3.05) is 5.32 Å². The Morgan fingerprint density at radius 2 is 1.76 bits per heavy atom. The smallest absolute Gasteiger partial charge is 0.279 e. The Hall–Kier alpha value is -3.67. The summed E-state index contributed by atoms with van der Waals surface area (Å²) in [5.41, 5.74) is 3.50. The maximum absolute atomic E-state index is 12.8. The van der Waals surface area contributed by atoms with Crippen LogP contribution in [0.4, 0.5) is 5.82 Å². The molecule has 0 aliphatic rings. The van der Waals surface area contributed by atoms with Crippen LogP contribution in [-0.2, 0) is 13.0 Å². The number of amides is 1. The van der Waals surface area contributed by atoms with E-state index in [4.69, 9.17) is 4.42 Å². The van der Waals surface area contributed by atoms with Crippen LogP contribution < -0.4 is 5.32 Å². The van der Waals surface area contributed by atoms with Gasteiger partial charge in [-0.25, -0.2) is 9.67 Å². The number of hydrogen-bond donors (Lipinski definition) is 1. The van der Waals surface area contributed by atoms with Crippen molar-refractivity contribution in [2.24, 2.45) is 0 Å². The van der Waals surface area contributed by atoms with Gasteiger partial charge in [-0.15, -0.1) is 0 Å². The molecule has 2 aromatic heterocycles. The summed E-state index contributed by atoms with van der Waals surface area (Å²) in [5, 5.41) is 7.23. The van der Waals surface area contributed by atoms with Gasteiger partial charge in [0.1, 0.15) is 11.6 Å². The second-order valence-electron chi connectivity index (χ2n) is 6.79. The Bertz CT molecular complexity index is 1110. The number of nitrogens with one attached hydrogen (secondary N) is 1. The monoisotopic (exact) mass is 386 g/mol. The van der Waals surface area contributed by atoms with Crippen molar-refractivity contribution in [1.29, 1.82) is 0 Å². The molecule has 0 spiro atoms. The second-order valence-corrected chi connectivity index (χ2v) is 6.79. The molecule has 2 heterocycles. The number of aryl methyl sites for hydroxylation is 2. The standard InChI is InChI=1S/C23H22N4O2/c1-3-17-9-11-18(12-10-17)15-27-20(13-14-24-27)25-22(28)21-16(2)29-23(26-21)19-7-5-4-6-8-19/h4-14H,3,15H2,1-2H3,(H,25,28). The average molecular weight is 386 g/mol. The summed E-state index contributed by atoms with van der Waals surface area (Å²) in [6, 6.07) is 19.7. The molecule has 146 valence electrons. The summed E-state index contributed by atoms with van der Waals surface area (Å²) in [4.78, 5) is 17.2. The van der Waals surface area contributed by atoms with Gasteiger partial charge in [0, 0.05) is 11.6 Å². The van der Waals surface area contributed by atoms with E-state index in [-0.39, 0.29) is 11.6 Å². The predicted octanol–water partition coefficient (Wildman–Crippen LogP) is 4.71. The molecule has 0 saturated heterocycles. The summed E-state index contributed by atoms with van der Waals surface area (Å²) >= 11 is 0. The highest BCUT2D eigenvalue weighted by Crippen LogP contribution is 2.22. The summed E-state index contributed by atoms with van der Waals surface area (Å²) in [6.45, 7) is 4.44. The van der Waals surface area contributed by atoms with Gasteiger partial charge in [-0.05, 0) is 36.6 Å². The molecule has 6 nitrogen and oxygen atoms in total. The van der Waals surface area contributed by atoms with Gasteiger partial charge in [-0.3, -0.25) is 4.79 Å². The number of carbonyl (C=O) groups excluding carboxylic acids is 1. The van der Waals surface area contributed by atoms with E-state index < -0.39 is 0 Å². The van der Waals surface area contributed by atoms with Crippen LogP contribution in [0.2, 0.25) is 0 Å². The SMILES string of the molecule is CCc1ccc(Cn2nccc2NC(=O)c2nc(-c3ccccc3)oc2C)cc1. The van der Waals surface area contributed by atoms with Crippen LogP contribution in [-0.4, -0.2) is 20.7 Å². The zero-order valence-electron chi connectivity index (χ0n) is 16.4. The van der Waals surface area contributed by atoms with Gasteiger partial charge in [-0.1, -0.05) is 49.4 Å². The molecule has 1 N–H and O–H groups in total. The van der Waals surface area contributed by atoms with Crippen molar-refractivity contribution in [3.05, 3.63) is 89.4 Å². The van der Waals surface area contributed by atoms with Crippen molar-refractivity contribution in [3.8, 4) is 11.5 Å². The molecule has 1 amide bonds. The third-order valence-corrected chi connectivity index (χ3v) is 4.75. The van der Waals surface area contributed by atoms with E-state index in [2.05, 4.69) is 46.6 Å². The Kier molecular flexibility index (Phi) is 5.24.